The van der Waals surface area contributed by atoms with Gasteiger partial charge >= 0.3 is 5.97 Å². The van der Waals surface area contributed by atoms with Gasteiger partial charge in [0.1, 0.15) is 0 Å². The zero-order valence-corrected chi connectivity index (χ0v) is 11.5. The number of carboxylic acid groups (broad SMARTS) is 1. The average molecular weight is 280 g/mol. The summed E-state index contributed by atoms with van der Waals surface area (Å²) < 4.78 is 0. The molecule has 1 aromatic rings. The SMILES string of the molecule is Cc1nc(CC(=O)N2C3CCC2C(C(=O)O)C3)cs1. The number of thiazole rings is 1. The Morgan fingerprint density at radius 1 is 1.53 bits per heavy atom. The van der Waals surface area contributed by atoms with E-state index in [0.29, 0.717) is 12.8 Å². The van der Waals surface area contributed by atoms with E-state index in [1.165, 1.54) is 11.3 Å². The summed E-state index contributed by atoms with van der Waals surface area (Å²) >= 11 is 1.54. The van der Waals surface area contributed by atoms with Crippen LogP contribution in [0.25, 0.3) is 0 Å². The third-order valence-corrected chi connectivity index (χ3v) is 4.96. The maximum absolute atomic E-state index is 12.4. The van der Waals surface area contributed by atoms with Crippen molar-refractivity contribution in [2.24, 2.45) is 5.92 Å². The molecular weight excluding hydrogens is 264 g/mol. The highest BCUT2D eigenvalue weighted by molar-refractivity contribution is 7.09. The Hall–Kier alpha value is -1.43. The summed E-state index contributed by atoms with van der Waals surface area (Å²) in [5.74, 6) is -1.11. The second-order valence-electron chi connectivity index (χ2n) is 5.31. The highest BCUT2D eigenvalue weighted by Crippen LogP contribution is 2.42. The molecule has 3 atom stereocenters. The standard InChI is InChI=1S/C13H16N2O3S/c1-7-14-8(6-19-7)4-12(16)15-9-2-3-11(15)10(5-9)13(17)18/h6,9-11H,2-5H2,1H3,(H,17,18). The summed E-state index contributed by atoms with van der Waals surface area (Å²) in [6.07, 6.45) is 2.67. The van der Waals surface area contributed by atoms with E-state index < -0.39 is 5.97 Å². The largest absolute Gasteiger partial charge is 0.481 e. The average Bonchev–Trinajstić information content (AvgIpc) is 3.02. The normalized spacial score (nSPS) is 28.9. The van der Waals surface area contributed by atoms with Gasteiger partial charge in [-0.3, -0.25) is 9.59 Å². The van der Waals surface area contributed by atoms with Crippen LogP contribution < -0.4 is 0 Å². The van der Waals surface area contributed by atoms with Crippen molar-refractivity contribution in [3.8, 4) is 0 Å². The molecule has 3 rings (SSSR count). The number of hydrogen-bond acceptors (Lipinski definition) is 4. The van der Waals surface area contributed by atoms with Gasteiger partial charge < -0.3 is 10.0 Å². The van der Waals surface area contributed by atoms with Gasteiger partial charge in [-0.2, -0.15) is 0 Å². The molecule has 0 aromatic carbocycles. The van der Waals surface area contributed by atoms with Gasteiger partial charge in [0.25, 0.3) is 0 Å². The molecule has 2 aliphatic rings. The minimum Gasteiger partial charge on any atom is -0.481 e. The zero-order valence-electron chi connectivity index (χ0n) is 10.7. The Kier molecular flexibility index (Phi) is 3.05. The number of carboxylic acids is 1. The van der Waals surface area contributed by atoms with Crippen LogP contribution in [-0.2, 0) is 16.0 Å². The highest BCUT2D eigenvalue weighted by atomic mass is 32.1. The van der Waals surface area contributed by atoms with Crippen LogP contribution in [-0.4, -0.2) is 39.0 Å². The van der Waals surface area contributed by atoms with E-state index in [1.807, 2.05) is 17.2 Å². The van der Waals surface area contributed by atoms with Crippen LogP contribution in [0.1, 0.15) is 30.0 Å². The van der Waals surface area contributed by atoms with E-state index in [4.69, 9.17) is 0 Å². The van der Waals surface area contributed by atoms with Crippen molar-refractivity contribution < 1.29 is 14.7 Å². The van der Waals surface area contributed by atoms with Gasteiger partial charge in [0.2, 0.25) is 5.91 Å². The molecule has 1 aromatic heterocycles. The number of aliphatic carboxylic acids is 1. The van der Waals surface area contributed by atoms with Gasteiger partial charge in [-0.25, -0.2) is 4.98 Å². The first-order valence-corrected chi connectivity index (χ1v) is 7.39. The third-order valence-electron chi connectivity index (χ3n) is 4.14. The van der Waals surface area contributed by atoms with Crippen LogP contribution in [0.4, 0.5) is 0 Å². The molecule has 2 saturated heterocycles. The quantitative estimate of drug-likeness (QED) is 0.910. The van der Waals surface area contributed by atoms with E-state index in [9.17, 15) is 14.7 Å². The van der Waals surface area contributed by atoms with Crippen molar-refractivity contribution in [2.75, 3.05) is 0 Å². The minimum absolute atomic E-state index is 0.0292. The van der Waals surface area contributed by atoms with Gasteiger partial charge in [-0.1, -0.05) is 0 Å². The molecule has 0 saturated carbocycles. The minimum atomic E-state index is -0.769. The van der Waals surface area contributed by atoms with Crippen LogP contribution in [0.3, 0.4) is 0 Å². The lowest BCUT2D eigenvalue weighted by molar-refractivity contribution is -0.143. The first-order chi connectivity index (χ1) is 9.06. The lowest BCUT2D eigenvalue weighted by Gasteiger charge is -2.22. The fraction of sp³-hybridized carbons (Fsp3) is 0.615. The molecule has 3 heterocycles. The molecule has 0 radical (unpaired) electrons. The number of amides is 1. The van der Waals surface area contributed by atoms with Gasteiger partial charge in [0, 0.05) is 17.5 Å². The number of aryl methyl sites for hydroxylation is 1. The smallest absolute Gasteiger partial charge is 0.308 e. The Bertz CT molecular complexity index is 528. The molecule has 0 spiro atoms. The van der Waals surface area contributed by atoms with Gasteiger partial charge in [-0.15, -0.1) is 11.3 Å². The first kappa shape index (κ1) is 12.6. The van der Waals surface area contributed by atoms with E-state index >= 15 is 0 Å². The Morgan fingerprint density at radius 2 is 2.32 bits per heavy atom. The molecule has 1 N–H and O–H groups in total. The Morgan fingerprint density at radius 3 is 2.89 bits per heavy atom. The molecule has 102 valence electrons. The summed E-state index contributed by atoms with van der Waals surface area (Å²) in [5, 5.41) is 12.0. The number of carbonyl (C=O) groups is 2. The Labute approximate surface area is 115 Å². The molecule has 19 heavy (non-hydrogen) atoms. The number of carbonyl (C=O) groups excluding carboxylic acids is 1. The van der Waals surface area contributed by atoms with Gasteiger partial charge in [0.15, 0.2) is 0 Å². The fourth-order valence-electron chi connectivity index (χ4n) is 3.38. The number of rotatable bonds is 3. The van der Waals surface area contributed by atoms with Crippen LogP contribution in [0.2, 0.25) is 0 Å². The molecule has 2 bridgehead atoms. The van der Waals surface area contributed by atoms with Crippen molar-refractivity contribution >= 4 is 23.2 Å². The lowest BCUT2D eigenvalue weighted by Crippen LogP contribution is -2.38. The summed E-state index contributed by atoms with van der Waals surface area (Å²) in [4.78, 5) is 29.6. The van der Waals surface area contributed by atoms with Gasteiger partial charge in [0.05, 0.1) is 23.0 Å². The van der Waals surface area contributed by atoms with Crippen LogP contribution >= 0.6 is 11.3 Å². The van der Waals surface area contributed by atoms with Crippen molar-refractivity contribution in [3.63, 3.8) is 0 Å². The van der Waals surface area contributed by atoms with Crippen LogP contribution in [0, 0.1) is 12.8 Å². The number of nitrogens with zero attached hydrogens (tertiary/aromatic N) is 2. The lowest BCUT2D eigenvalue weighted by atomic mass is 9.89. The molecule has 0 aliphatic carbocycles. The first-order valence-electron chi connectivity index (χ1n) is 6.51. The number of fused-ring (bicyclic) bond motifs is 2. The van der Waals surface area contributed by atoms with E-state index in [2.05, 4.69) is 4.98 Å². The third kappa shape index (κ3) is 2.14. The van der Waals surface area contributed by atoms with E-state index in [-0.39, 0.29) is 23.9 Å². The molecule has 3 unspecified atom stereocenters. The maximum atomic E-state index is 12.4. The fourth-order valence-corrected chi connectivity index (χ4v) is 3.99. The highest BCUT2D eigenvalue weighted by Gasteiger charge is 2.51. The topological polar surface area (TPSA) is 70.5 Å². The maximum Gasteiger partial charge on any atom is 0.308 e. The molecular formula is C13H16N2O3S. The molecule has 5 nitrogen and oxygen atoms in total. The second kappa shape index (κ2) is 4.59. The number of hydrogen-bond donors (Lipinski definition) is 1. The van der Waals surface area contributed by atoms with Gasteiger partial charge in [-0.05, 0) is 26.2 Å². The predicted octanol–water partition coefficient (Wildman–Crippen LogP) is 1.46. The van der Waals surface area contributed by atoms with Crippen molar-refractivity contribution in [1.29, 1.82) is 0 Å². The molecule has 2 aliphatic heterocycles. The number of aromatic nitrogens is 1. The van der Waals surface area contributed by atoms with E-state index in [1.54, 1.807) is 0 Å². The van der Waals surface area contributed by atoms with Crippen molar-refractivity contribution in [3.05, 3.63) is 16.1 Å². The summed E-state index contributed by atoms with van der Waals surface area (Å²) in [6.45, 7) is 1.92. The predicted molar refractivity (Wildman–Crippen MR) is 70.0 cm³/mol. The Balaban J connectivity index is 1.72. The van der Waals surface area contributed by atoms with Crippen LogP contribution in [0.5, 0.6) is 0 Å². The van der Waals surface area contributed by atoms with E-state index in [0.717, 1.165) is 23.5 Å². The monoisotopic (exact) mass is 280 g/mol. The zero-order chi connectivity index (χ0) is 13.6. The molecule has 2 fully saturated rings. The second-order valence-corrected chi connectivity index (χ2v) is 6.38. The summed E-state index contributed by atoms with van der Waals surface area (Å²) in [5.41, 5.74) is 0.797. The summed E-state index contributed by atoms with van der Waals surface area (Å²) in [7, 11) is 0. The molecule has 1 amide bonds. The summed E-state index contributed by atoms with van der Waals surface area (Å²) in [6, 6.07) is 0.0214. The molecule has 6 heteroatoms. The van der Waals surface area contributed by atoms with Crippen molar-refractivity contribution in [1.82, 2.24) is 9.88 Å². The van der Waals surface area contributed by atoms with Crippen molar-refractivity contribution in [2.45, 2.75) is 44.7 Å². The van der Waals surface area contributed by atoms with Crippen LogP contribution in [0.15, 0.2) is 5.38 Å².